The summed E-state index contributed by atoms with van der Waals surface area (Å²) in [7, 11) is 0. The fraction of sp³-hybridized carbons (Fsp3) is 0.400. The van der Waals surface area contributed by atoms with Gasteiger partial charge in [-0.3, -0.25) is 9.78 Å². The number of pyridine rings is 1. The van der Waals surface area contributed by atoms with E-state index >= 15 is 0 Å². The number of carbonyl (C=O) groups excluding carboxylic acids is 1. The maximum absolute atomic E-state index is 12.3. The third kappa shape index (κ3) is 5.29. The van der Waals surface area contributed by atoms with Crippen molar-refractivity contribution < 1.29 is 14.3 Å². The van der Waals surface area contributed by atoms with Crippen LogP contribution >= 0.6 is 0 Å². The Balaban J connectivity index is 1.48. The molecule has 0 bridgehead atoms. The van der Waals surface area contributed by atoms with Gasteiger partial charge in [0.1, 0.15) is 11.5 Å². The third-order valence-corrected chi connectivity index (χ3v) is 4.33. The van der Waals surface area contributed by atoms with Gasteiger partial charge < -0.3 is 14.8 Å². The Morgan fingerprint density at radius 2 is 1.96 bits per heavy atom. The lowest BCUT2D eigenvalue weighted by molar-refractivity contribution is 0.0899. The van der Waals surface area contributed by atoms with Gasteiger partial charge in [-0.25, -0.2) is 0 Å². The summed E-state index contributed by atoms with van der Waals surface area (Å²) in [5.74, 6) is 1.35. The largest absolute Gasteiger partial charge is 0.457 e. The van der Waals surface area contributed by atoms with Gasteiger partial charge in [0.05, 0.1) is 6.10 Å². The van der Waals surface area contributed by atoms with E-state index in [2.05, 4.69) is 10.3 Å². The third-order valence-electron chi connectivity index (χ3n) is 4.33. The van der Waals surface area contributed by atoms with Gasteiger partial charge in [-0.15, -0.1) is 0 Å². The van der Waals surface area contributed by atoms with Gasteiger partial charge >= 0.3 is 0 Å². The summed E-state index contributed by atoms with van der Waals surface area (Å²) in [6.45, 7) is 2.91. The molecule has 2 aromatic rings. The molecule has 0 saturated carbocycles. The predicted octanol–water partition coefficient (Wildman–Crippen LogP) is 3.95. The van der Waals surface area contributed by atoms with E-state index in [9.17, 15) is 4.79 Å². The van der Waals surface area contributed by atoms with E-state index in [1.54, 1.807) is 48.8 Å². The molecule has 1 fully saturated rings. The van der Waals surface area contributed by atoms with Gasteiger partial charge in [0, 0.05) is 30.6 Å². The number of hydrogen-bond donors (Lipinski definition) is 1. The Kier molecular flexibility index (Phi) is 6.01. The van der Waals surface area contributed by atoms with E-state index < -0.39 is 0 Å². The lowest BCUT2D eigenvalue weighted by atomic mass is 10.1. The van der Waals surface area contributed by atoms with E-state index in [-0.39, 0.29) is 11.9 Å². The molecule has 1 aliphatic rings. The zero-order valence-electron chi connectivity index (χ0n) is 14.5. The highest BCUT2D eigenvalue weighted by Gasteiger charge is 2.17. The highest BCUT2D eigenvalue weighted by molar-refractivity contribution is 5.94. The van der Waals surface area contributed by atoms with Gasteiger partial charge in [-0.1, -0.05) is 0 Å². The molecule has 25 heavy (non-hydrogen) atoms. The smallest absolute Gasteiger partial charge is 0.251 e. The Labute approximate surface area is 148 Å². The van der Waals surface area contributed by atoms with Crippen LogP contribution in [0.3, 0.4) is 0 Å². The van der Waals surface area contributed by atoms with Crippen molar-refractivity contribution in [1.82, 2.24) is 10.3 Å². The fourth-order valence-corrected chi connectivity index (χ4v) is 2.90. The van der Waals surface area contributed by atoms with Crippen molar-refractivity contribution in [2.45, 2.75) is 44.8 Å². The fourth-order valence-electron chi connectivity index (χ4n) is 2.90. The Morgan fingerprint density at radius 1 is 1.24 bits per heavy atom. The van der Waals surface area contributed by atoms with Gasteiger partial charge in [0.25, 0.3) is 5.91 Å². The summed E-state index contributed by atoms with van der Waals surface area (Å²) >= 11 is 0. The van der Waals surface area contributed by atoms with Crippen LogP contribution in [0.1, 0.15) is 43.0 Å². The first kappa shape index (κ1) is 17.4. The average Bonchev–Trinajstić information content (AvgIpc) is 3.15. The SMILES string of the molecule is C[C@@H](CC[C@H]1CCCO1)NC(=O)c1ccc(Oc2ccncc2)cc1. The molecule has 1 aromatic carbocycles. The van der Waals surface area contributed by atoms with Crippen LogP contribution in [-0.4, -0.2) is 29.6 Å². The van der Waals surface area contributed by atoms with Gasteiger partial charge in [0.15, 0.2) is 0 Å². The molecule has 1 N–H and O–H groups in total. The summed E-state index contributed by atoms with van der Waals surface area (Å²) < 4.78 is 11.3. The number of nitrogens with zero attached hydrogens (tertiary/aromatic N) is 1. The highest BCUT2D eigenvalue weighted by Crippen LogP contribution is 2.21. The Bertz CT molecular complexity index is 667. The van der Waals surface area contributed by atoms with Crippen molar-refractivity contribution in [2.75, 3.05) is 6.61 Å². The van der Waals surface area contributed by atoms with Crippen molar-refractivity contribution in [3.63, 3.8) is 0 Å². The predicted molar refractivity (Wildman–Crippen MR) is 95.9 cm³/mol. The van der Waals surface area contributed by atoms with E-state index in [0.717, 1.165) is 38.0 Å². The van der Waals surface area contributed by atoms with Gasteiger partial charge in [0.2, 0.25) is 0 Å². The molecule has 1 aliphatic heterocycles. The second-order valence-electron chi connectivity index (χ2n) is 6.40. The van der Waals surface area contributed by atoms with Crippen LogP contribution in [0.25, 0.3) is 0 Å². The topological polar surface area (TPSA) is 60.5 Å². The molecule has 1 aromatic heterocycles. The summed E-state index contributed by atoms with van der Waals surface area (Å²) in [4.78, 5) is 16.3. The standard InChI is InChI=1S/C20H24N2O3/c1-15(4-7-17-3-2-14-24-17)22-20(23)16-5-8-18(9-6-16)25-19-10-12-21-13-11-19/h5-6,8-13,15,17H,2-4,7,14H2,1H3,(H,22,23)/t15-,17+/m0/s1. The number of nitrogens with one attached hydrogen (secondary N) is 1. The lowest BCUT2D eigenvalue weighted by Gasteiger charge is -2.16. The first-order valence-electron chi connectivity index (χ1n) is 8.81. The quantitative estimate of drug-likeness (QED) is 0.829. The van der Waals surface area contributed by atoms with E-state index in [0.29, 0.717) is 17.4 Å². The summed E-state index contributed by atoms with van der Waals surface area (Å²) in [5.41, 5.74) is 0.631. The molecule has 5 heteroatoms. The minimum Gasteiger partial charge on any atom is -0.457 e. The molecular weight excluding hydrogens is 316 g/mol. The van der Waals surface area contributed by atoms with Crippen molar-refractivity contribution in [3.05, 3.63) is 54.4 Å². The number of carbonyl (C=O) groups is 1. The van der Waals surface area contributed by atoms with E-state index in [4.69, 9.17) is 9.47 Å². The number of hydrogen-bond acceptors (Lipinski definition) is 4. The number of aromatic nitrogens is 1. The van der Waals surface area contributed by atoms with Gasteiger partial charge in [-0.2, -0.15) is 0 Å². The Hall–Kier alpha value is -2.40. The van der Waals surface area contributed by atoms with Gasteiger partial charge in [-0.05, 0) is 69.0 Å². The molecule has 5 nitrogen and oxygen atoms in total. The number of benzene rings is 1. The first-order chi connectivity index (χ1) is 12.2. The molecule has 3 rings (SSSR count). The zero-order valence-corrected chi connectivity index (χ0v) is 14.5. The average molecular weight is 340 g/mol. The van der Waals surface area contributed by atoms with Crippen LogP contribution in [0.4, 0.5) is 0 Å². The van der Waals surface area contributed by atoms with Crippen LogP contribution < -0.4 is 10.1 Å². The maximum atomic E-state index is 12.3. The van der Waals surface area contributed by atoms with Crippen molar-refractivity contribution in [2.24, 2.45) is 0 Å². The van der Waals surface area contributed by atoms with Crippen molar-refractivity contribution in [1.29, 1.82) is 0 Å². The van der Waals surface area contributed by atoms with E-state index in [1.165, 1.54) is 0 Å². The number of ether oxygens (including phenoxy) is 2. The summed E-state index contributed by atoms with van der Waals surface area (Å²) in [6.07, 6.45) is 7.94. The maximum Gasteiger partial charge on any atom is 0.251 e. The van der Waals surface area contributed by atoms with Crippen LogP contribution in [0.5, 0.6) is 11.5 Å². The zero-order chi connectivity index (χ0) is 17.5. The van der Waals surface area contributed by atoms with Crippen LogP contribution in [0, 0.1) is 0 Å². The molecular formula is C20H24N2O3. The normalized spacial score (nSPS) is 17.9. The molecule has 0 unspecified atom stereocenters. The van der Waals surface area contributed by atoms with Crippen LogP contribution in [0.15, 0.2) is 48.8 Å². The number of rotatable bonds is 7. The molecule has 0 radical (unpaired) electrons. The first-order valence-corrected chi connectivity index (χ1v) is 8.81. The Morgan fingerprint density at radius 3 is 2.64 bits per heavy atom. The van der Waals surface area contributed by atoms with E-state index in [1.807, 2.05) is 6.92 Å². The second kappa shape index (κ2) is 8.62. The molecule has 1 amide bonds. The summed E-state index contributed by atoms with van der Waals surface area (Å²) in [5, 5.41) is 3.05. The van der Waals surface area contributed by atoms with Crippen LogP contribution in [0.2, 0.25) is 0 Å². The lowest BCUT2D eigenvalue weighted by Crippen LogP contribution is -2.33. The van der Waals surface area contributed by atoms with Crippen LogP contribution in [-0.2, 0) is 4.74 Å². The monoisotopic (exact) mass is 340 g/mol. The minimum absolute atomic E-state index is 0.0599. The molecule has 0 aliphatic carbocycles. The molecule has 1 saturated heterocycles. The molecule has 132 valence electrons. The molecule has 0 spiro atoms. The minimum atomic E-state index is -0.0599. The van der Waals surface area contributed by atoms with Crippen molar-refractivity contribution >= 4 is 5.91 Å². The second-order valence-corrected chi connectivity index (χ2v) is 6.40. The molecule has 2 heterocycles. The summed E-state index contributed by atoms with van der Waals surface area (Å²) in [6, 6.07) is 10.9. The van der Waals surface area contributed by atoms with Crippen molar-refractivity contribution in [3.8, 4) is 11.5 Å². The number of amides is 1. The highest BCUT2D eigenvalue weighted by atomic mass is 16.5. The molecule has 2 atom stereocenters.